The molecule has 0 saturated heterocycles. The van der Waals surface area contributed by atoms with Gasteiger partial charge in [0.1, 0.15) is 5.82 Å². The molecule has 3 heteroatoms. The summed E-state index contributed by atoms with van der Waals surface area (Å²) < 4.78 is 19.8. The molecule has 102 valence electrons. The molecule has 1 N–H and O–H groups in total. The molecule has 0 radical (unpaired) electrons. The van der Waals surface area contributed by atoms with Gasteiger partial charge in [-0.3, -0.25) is 0 Å². The van der Waals surface area contributed by atoms with Crippen LogP contribution in [0.2, 0.25) is 0 Å². The molecule has 0 bridgehead atoms. The van der Waals surface area contributed by atoms with Crippen LogP contribution in [0.5, 0.6) is 0 Å². The van der Waals surface area contributed by atoms with Crippen molar-refractivity contribution in [2.75, 3.05) is 14.2 Å². The second kappa shape index (κ2) is 6.30. The highest BCUT2D eigenvalue weighted by Crippen LogP contribution is 2.36. The molecule has 0 saturated carbocycles. The van der Waals surface area contributed by atoms with Crippen LogP contribution in [0.25, 0.3) is 0 Å². The van der Waals surface area contributed by atoms with Crippen molar-refractivity contribution in [3.8, 4) is 0 Å². The van der Waals surface area contributed by atoms with Crippen LogP contribution < -0.4 is 5.32 Å². The van der Waals surface area contributed by atoms with E-state index in [9.17, 15) is 4.39 Å². The van der Waals surface area contributed by atoms with E-state index in [2.05, 4.69) is 19.2 Å². The molecule has 0 aliphatic heterocycles. The van der Waals surface area contributed by atoms with Crippen LogP contribution in [0.1, 0.15) is 43.9 Å². The lowest BCUT2D eigenvalue weighted by Gasteiger charge is -2.38. The second-order valence-corrected chi connectivity index (χ2v) is 4.72. The fourth-order valence-electron chi connectivity index (χ4n) is 2.65. The number of ether oxygens (including phenoxy) is 1. The minimum atomic E-state index is -0.372. The third kappa shape index (κ3) is 2.73. The maximum Gasteiger partial charge on any atom is 0.128 e. The Bertz CT molecular complexity index is 380. The molecule has 1 unspecified atom stereocenters. The summed E-state index contributed by atoms with van der Waals surface area (Å²) >= 11 is 0. The van der Waals surface area contributed by atoms with Gasteiger partial charge in [0.2, 0.25) is 0 Å². The number of methoxy groups -OCH3 is 1. The van der Waals surface area contributed by atoms with Crippen molar-refractivity contribution in [1.82, 2.24) is 5.32 Å². The number of rotatable bonds is 6. The molecule has 2 nitrogen and oxygen atoms in total. The fraction of sp³-hybridized carbons (Fsp3) is 0.600. The van der Waals surface area contributed by atoms with Crippen LogP contribution >= 0.6 is 0 Å². The molecule has 0 heterocycles. The summed E-state index contributed by atoms with van der Waals surface area (Å²) in [5.41, 5.74) is 1.37. The largest absolute Gasteiger partial charge is 0.376 e. The molecule has 1 aromatic carbocycles. The van der Waals surface area contributed by atoms with E-state index in [0.717, 1.165) is 18.4 Å². The lowest BCUT2D eigenvalue weighted by Crippen LogP contribution is -2.44. The van der Waals surface area contributed by atoms with Crippen molar-refractivity contribution < 1.29 is 9.13 Å². The van der Waals surface area contributed by atoms with Crippen molar-refractivity contribution in [2.45, 2.75) is 45.3 Å². The number of likely N-dealkylation sites (N-methyl/N-ethyl adjacent to an activating group) is 1. The number of benzene rings is 1. The van der Waals surface area contributed by atoms with E-state index < -0.39 is 0 Å². The summed E-state index contributed by atoms with van der Waals surface area (Å²) in [4.78, 5) is 0. The van der Waals surface area contributed by atoms with E-state index in [1.165, 1.54) is 6.07 Å². The molecule has 0 aromatic heterocycles. The highest BCUT2D eigenvalue weighted by molar-refractivity contribution is 5.29. The fourth-order valence-corrected chi connectivity index (χ4v) is 2.65. The number of nitrogens with one attached hydrogen (secondary N) is 1. The highest BCUT2D eigenvalue weighted by atomic mass is 19.1. The van der Waals surface area contributed by atoms with Crippen molar-refractivity contribution >= 4 is 0 Å². The molecular formula is C15H24FNO. The predicted octanol–water partition coefficient (Wildman–Crippen LogP) is 3.60. The minimum absolute atomic E-state index is 0.141. The minimum Gasteiger partial charge on any atom is -0.376 e. The Morgan fingerprint density at radius 2 is 1.94 bits per heavy atom. The molecule has 1 atom stereocenters. The average Bonchev–Trinajstić information content (AvgIpc) is 2.39. The zero-order valence-corrected chi connectivity index (χ0v) is 12.0. The number of hydrogen-bond donors (Lipinski definition) is 1. The number of hydrogen-bond acceptors (Lipinski definition) is 2. The Balaban J connectivity index is 3.27. The summed E-state index contributed by atoms with van der Waals surface area (Å²) in [6.07, 6.45) is 1.66. The Morgan fingerprint density at radius 3 is 2.39 bits per heavy atom. The standard InChI is InChI=1S/C15H24FNO/c1-6-15(7-2,18-5)14(17-4)12-10-11(3)8-9-13(12)16/h8-10,14,17H,6-7H2,1-5H3. The molecule has 0 amide bonds. The summed E-state index contributed by atoms with van der Waals surface area (Å²) in [5.74, 6) is -0.178. The van der Waals surface area contributed by atoms with Gasteiger partial charge in [0.05, 0.1) is 11.6 Å². The molecule has 1 aromatic rings. The normalized spacial score (nSPS) is 13.7. The van der Waals surface area contributed by atoms with Gasteiger partial charge in [0.25, 0.3) is 0 Å². The summed E-state index contributed by atoms with van der Waals surface area (Å²) in [5, 5.41) is 3.22. The van der Waals surface area contributed by atoms with E-state index in [4.69, 9.17) is 4.74 Å². The third-order valence-corrected chi connectivity index (χ3v) is 3.88. The van der Waals surface area contributed by atoms with Gasteiger partial charge in [-0.25, -0.2) is 4.39 Å². The lowest BCUT2D eigenvalue weighted by atomic mass is 9.83. The molecule has 0 spiro atoms. The Hall–Kier alpha value is -0.930. The van der Waals surface area contributed by atoms with Gasteiger partial charge in [-0.1, -0.05) is 31.5 Å². The van der Waals surface area contributed by atoms with Crippen LogP contribution in [-0.2, 0) is 4.74 Å². The summed E-state index contributed by atoms with van der Waals surface area (Å²) in [6.45, 7) is 6.12. The average molecular weight is 253 g/mol. The summed E-state index contributed by atoms with van der Waals surface area (Å²) in [6, 6.07) is 5.08. The van der Waals surface area contributed by atoms with Crippen molar-refractivity contribution in [2.24, 2.45) is 0 Å². The van der Waals surface area contributed by atoms with Crippen LogP contribution in [0.3, 0.4) is 0 Å². The lowest BCUT2D eigenvalue weighted by molar-refractivity contribution is -0.0475. The molecule has 18 heavy (non-hydrogen) atoms. The van der Waals surface area contributed by atoms with E-state index in [1.54, 1.807) is 13.2 Å². The monoisotopic (exact) mass is 253 g/mol. The van der Waals surface area contributed by atoms with E-state index in [-0.39, 0.29) is 17.5 Å². The Morgan fingerprint density at radius 1 is 1.33 bits per heavy atom. The van der Waals surface area contributed by atoms with Crippen LogP contribution in [0, 0.1) is 12.7 Å². The van der Waals surface area contributed by atoms with Crippen molar-refractivity contribution in [1.29, 1.82) is 0 Å². The van der Waals surface area contributed by atoms with Crippen molar-refractivity contribution in [3.05, 3.63) is 35.1 Å². The zero-order valence-electron chi connectivity index (χ0n) is 12.0. The van der Waals surface area contributed by atoms with Crippen LogP contribution in [-0.4, -0.2) is 19.8 Å². The maximum atomic E-state index is 14.1. The Kier molecular flexibility index (Phi) is 5.29. The first-order valence-corrected chi connectivity index (χ1v) is 6.53. The Labute approximate surface area is 110 Å². The van der Waals surface area contributed by atoms with Gasteiger partial charge in [-0.05, 0) is 32.9 Å². The second-order valence-electron chi connectivity index (χ2n) is 4.72. The zero-order chi connectivity index (χ0) is 13.8. The molecule has 1 rings (SSSR count). The van der Waals surface area contributed by atoms with Crippen LogP contribution in [0.15, 0.2) is 18.2 Å². The van der Waals surface area contributed by atoms with Gasteiger partial charge >= 0.3 is 0 Å². The molecular weight excluding hydrogens is 229 g/mol. The highest BCUT2D eigenvalue weighted by Gasteiger charge is 2.37. The van der Waals surface area contributed by atoms with E-state index >= 15 is 0 Å². The van der Waals surface area contributed by atoms with E-state index in [1.807, 2.05) is 20.0 Å². The van der Waals surface area contributed by atoms with Gasteiger partial charge in [0, 0.05) is 12.7 Å². The van der Waals surface area contributed by atoms with Gasteiger partial charge in [-0.2, -0.15) is 0 Å². The SMILES string of the molecule is CCC(CC)(OC)C(NC)c1cc(C)ccc1F. The number of halogens is 1. The maximum absolute atomic E-state index is 14.1. The first kappa shape index (κ1) is 15.1. The molecule has 0 fully saturated rings. The smallest absolute Gasteiger partial charge is 0.128 e. The van der Waals surface area contributed by atoms with Crippen molar-refractivity contribution in [3.63, 3.8) is 0 Å². The molecule has 0 aliphatic rings. The van der Waals surface area contributed by atoms with Gasteiger partial charge in [-0.15, -0.1) is 0 Å². The van der Waals surface area contributed by atoms with Crippen LogP contribution in [0.4, 0.5) is 4.39 Å². The first-order valence-electron chi connectivity index (χ1n) is 6.53. The van der Waals surface area contributed by atoms with Gasteiger partial charge < -0.3 is 10.1 Å². The predicted molar refractivity (Wildman–Crippen MR) is 73.3 cm³/mol. The topological polar surface area (TPSA) is 21.3 Å². The summed E-state index contributed by atoms with van der Waals surface area (Å²) in [7, 11) is 3.55. The molecule has 0 aliphatic carbocycles. The quantitative estimate of drug-likeness (QED) is 0.836. The number of aryl methyl sites for hydroxylation is 1. The third-order valence-electron chi connectivity index (χ3n) is 3.88. The van der Waals surface area contributed by atoms with Gasteiger partial charge in [0.15, 0.2) is 0 Å². The first-order chi connectivity index (χ1) is 8.54. The van der Waals surface area contributed by atoms with E-state index in [0.29, 0.717) is 5.56 Å².